The summed E-state index contributed by atoms with van der Waals surface area (Å²) in [6, 6.07) is 4.70. The van der Waals surface area contributed by atoms with Crippen LogP contribution in [0.5, 0.6) is 0 Å². The fraction of sp³-hybridized carbons (Fsp3) is 0.294. The van der Waals surface area contributed by atoms with E-state index in [1.165, 1.54) is 35.7 Å². The summed E-state index contributed by atoms with van der Waals surface area (Å²) in [6.45, 7) is 2.75. The minimum absolute atomic E-state index is 0.0398. The molecule has 0 bridgehead atoms. The van der Waals surface area contributed by atoms with E-state index in [0.29, 0.717) is 36.7 Å². The van der Waals surface area contributed by atoms with Gasteiger partial charge in [-0.25, -0.2) is 23.4 Å². The van der Waals surface area contributed by atoms with Crippen LogP contribution in [0.15, 0.2) is 41.9 Å². The first-order valence-electron chi connectivity index (χ1n) is 8.78. The Labute approximate surface area is 166 Å². The molecule has 2 aromatic heterocycles. The highest BCUT2D eigenvalue weighted by Crippen LogP contribution is 2.26. The lowest BCUT2D eigenvalue weighted by Crippen LogP contribution is -2.30. The number of aromatic nitrogens is 5. The van der Waals surface area contributed by atoms with Crippen molar-refractivity contribution in [2.45, 2.75) is 24.3 Å². The normalized spacial score (nSPS) is 16.9. The van der Waals surface area contributed by atoms with Crippen molar-refractivity contribution < 1.29 is 18.0 Å². The molecule has 1 aliphatic heterocycles. The minimum Gasteiger partial charge on any atom is -0.381 e. The number of nitrogens with one attached hydrogen (secondary N) is 1. The van der Waals surface area contributed by atoms with E-state index in [1.54, 1.807) is 6.07 Å². The third-order valence-electron chi connectivity index (χ3n) is 4.42. The van der Waals surface area contributed by atoms with Crippen molar-refractivity contribution in [2.75, 3.05) is 18.9 Å². The molecule has 1 saturated heterocycles. The van der Waals surface area contributed by atoms with Crippen molar-refractivity contribution >= 4 is 15.8 Å². The van der Waals surface area contributed by atoms with Gasteiger partial charge in [0.1, 0.15) is 18.8 Å². The van der Waals surface area contributed by atoms with Crippen molar-refractivity contribution in [3.63, 3.8) is 0 Å². The van der Waals surface area contributed by atoms with Crippen LogP contribution in [0.3, 0.4) is 0 Å². The highest BCUT2D eigenvalue weighted by atomic mass is 32.2. The number of anilines is 1. The molecule has 1 fully saturated rings. The third-order valence-corrected chi connectivity index (χ3v) is 5.61. The Morgan fingerprint density at radius 1 is 1.38 bits per heavy atom. The van der Waals surface area contributed by atoms with Gasteiger partial charge in [-0.2, -0.15) is 9.78 Å². The molecule has 0 radical (unpaired) electrons. The lowest BCUT2D eigenvalue weighted by molar-refractivity contribution is 0.0113. The lowest BCUT2D eigenvalue weighted by Gasteiger charge is -2.13. The van der Waals surface area contributed by atoms with Crippen LogP contribution in [0.2, 0.25) is 0 Å². The van der Waals surface area contributed by atoms with Crippen molar-refractivity contribution in [1.29, 1.82) is 0 Å². The number of sulfonamides is 1. The second kappa shape index (κ2) is 7.83. The minimum atomic E-state index is -3.88. The van der Waals surface area contributed by atoms with E-state index in [0.717, 1.165) is 5.56 Å². The molecule has 29 heavy (non-hydrogen) atoms. The van der Waals surface area contributed by atoms with Gasteiger partial charge in [0.15, 0.2) is 11.6 Å². The molecule has 1 atom stereocenters. The predicted molar refractivity (Wildman–Crippen MR) is 102 cm³/mol. The second-order valence-electron chi connectivity index (χ2n) is 6.47. The standard InChI is InChI=1S/C17H19N7O4S/c1-11-2-3-13(29(25,26)23-28-12-4-5-27-8-12)6-14(11)15-7-20-16(18)17(22-15)24-10-19-9-21-24/h2-3,6-7,9-10,12,23H,4-5,8H2,1H3,(H2,18,20). The summed E-state index contributed by atoms with van der Waals surface area (Å²) in [4.78, 5) is 20.0. The zero-order valence-corrected chi connectivity index (χ0v) is 16.3. The van der Waals surface area contributed by atoms with Gasteiger partial charge in [-0.3, -0.25) is 4.84 Å². The molecule has 0 amide bonds. The number of hydrogen-bond donors (Lipinski definition) is 2. The monoisotopic (exact) mass is 417 g/mol. The molecule has 3 N–H and O–H groups in total. The smallest absolute Gasteiger partial charge is 0.262 e. The van der Waals surface area contributed by atoms with E-state index in [4.69, 9.17) is 15.3 Å². The van der Waals surface area contributed by atoms with E-state index in [-0.39, 0.29) is 16.8 Å². The molecule has 3 heterocycles. The van der Waals surface area contributed by atoms with Crippen molar-refractivity contribution in [3.8, 4) is 17.1 Å². The number of nitrogens with two attached hydrogens (primary N) is 1. The average molecular weight is 417 g/mol. The number of rotatable bonds is 6. The zero-order valence-electron chi connectivity index (χ0n) is 15.5. The zero-order chi connectivity index (χ0) is 20.4. The van der Waals surface area contributed by atoms with Crippen LogP contribution < -0.4 is 10.6 Å². The van der Waals surface area contributed by atoms with Gasteiger partial charge < -0.3 is 10.5 Å². The van der Waals surface area contributed by atoms with Gasteiger partial charge in [-0.15, -0.1) is 0 Å². The van der Waals surface area contributed by atoms with E-state index in [2.05, 4.69) is 24.9 Å². The van der Waals surface area contributed by atoms with Crippen molar-refractivity contribution in [3.05, 3.63) is 42.6 Å². The van der Waals surface area contributed by atoms with Crippen LogP contribution in [0.4, 0.5) is 5.82 Å². The van der Waals surface area contributed by atoms with Crippen LogP contribution in [-0.2, 0) is 19.6 Å². The van der Waals surface area contributed by atoms with Crippen molar-refractivity contribution in [2.24, 2.45) is 0 Å². The van der Waals surface area contributed by atoms with E-state index in [1.807, 2.05) is 6.92 Å². The molecule has 12 heteroatoms. The summed E-state index contributed by atoms with van der Waals surface area (Å²) >= 11 is 0. The maximum absolute atomic E-state index is 12.6. The molecular formula is C17H19N7O4S. The molecule has 152 valence electrons. The number of hydrogen-bond acceptors (Lipinski definition) is 9. The Kier molecular flexibility index (Phi) is 5.24. The molecule has 3 aromatic rings. The van der Waals surface area contributed by atoms with Crippen LogP contribution in [0.25, 0.3) is 17.1 Å². The average Bonchev–Trinajstić information content (AvgIpc) is 3.41. The van der Waals surface area contributed by atoms with Gasteiger partial charge in [0.05, 0.1) is 23.4 Å². The Morgan fingerprint density at radius 2 is 2.24 bits per heavy atom. The number of nitrogen functional groups attached to an aromatic ring is 1. The van der Waals surface area contributed by atoms with E-state index >= 15 is 0 Å². The van der Waals surface area contributed by atoms with E-state index in [9.17, 15) is 8.42 Å². The number of benzene rings is 1. The predicted octanol–water partition coefficient (Wildman–Crippen LogP) is 0.614. The Balaban J connectivity index is 1.66. The van der Waals surface area contributed by atoms with Crippen LogP contribution in [-0.4, -0.2) is 52.5 Å². The summed E-state index contributed by atoms with van der Waals surface area (Å²) in [5, 5.41) is 4.01. The number of aryl methyl sites for hydroxylation is 1. The highest BCUT2D eigenvalue weighted by Gasteiger charge is 2.22. The second-order valence-corrected chi connectivity index (χ2v) is 8.12. The summed E-state index contributed by atoms with van der Waals surface area (Å²) < 4.78 is 31.8. The van der Waals surface area contributed by atoms with Crippen LogP contribution in [0, 0.1) is 6.92 Å². The topological polar surface area (TPSA) is 147 Å². The Hall–Kier alpha value is -2.93. The van der Waals surface area contributed by atoms with Crippen molar-refractivity contribution in [1.82, 2.24) is 29.6 Å². The maximum Gasteiger partial charge on any atom is 0.262 e. The fourth-order valence-electron chi connectivity index (χ4n) is 2.83. The largest absolute Gasteiger partial charge is 0.381 e. The van der Waals surface area contributed by atoms with Gasteiger partial charge in [0.25, 0.3) is 10.0 Å². The Bertz CT molecular complexity index is 1110. The van der Waals surface area contributed by atoms with Gasteiger partial charge in [0.2, 0.25) is 0 Å². The molecule has 1 aromatic carbocycles. The Morgan fingerprint density at radius 3 is 2.97 bits per heavy atom. The molecule has 0 aliphatic carbocycles. The van der Waals surface area contributed by atoms with Gasteiger partial charge in [-0.1, -0.05) is 11.0 Å². The maximum atomic E-state index is 12.6. The van der Waals surface area contributed by atoms with Gasteiger partial charge in [-0.05, 0) is 24.6 Å². The first kappa shape index (κ1) is 19.4. The quantitative estimate of drug-likeness (QED) is 0.551. The fourth-order valence-corrected chi connectivity index (χ4v) is 3.71. The molecule has 1 aliphatic rings. The highest BCUT2D eigenvalue weighted by molar-refractivity contribution is 7.89. The van der Waals surface area contributed by atoms with Crippen LogP contribution >= 0.6 is 0 Å². The summed E-state index contributed by atoms with van der Waals surface area (Å²) in [5.74, 6) is 0.477. The molecular weight excluding hydrogens is 398 g/mol. The van der Waals surface area contributed by atoms with Gasteiger partial charge >= 0.3 is 0 Å². The molecule has 1 unspecified atom stereocenters. The summed E-state index contributed by atoms with van der Waals surface area (Å²) in [7, 11) is -3.88. The number of nitrogens with zero attached hydrogens (tertiary/aromatic N) is 5. The number of ether oxygens (including phenoxy) is 1. The summed E-state index contributed by atoms with van der Waals surface area (Å²) in [6.07, 6.45) is 4.62. The molecule has 0 spiro atoms. The lowest BCUT2D eigenvalue weighted by atomic mass is 10.1. The first-order chi connectivity index (χ1) is 13.9. The van der Waals surface area contributed by atoms with E-state index < -0.39 is 10.0 Å². The third kappa shape index (κ3) is 4.10. The summed E-state index contributed by atoms with van der Waals surface area (Å²) in [5.41, 5.74) is 7.75. The first-order valence-corrected chi connectivity index (χ1v) is 10.3. The van der Waals surface area contributed by atoms with Crippen LogP contribution in [0.1, 0.15) is 12.0 Å². The van der Waals surface area contributed by atoms with Gasteiger partial charge in [0, 0.05) is 18.6 Å². The SMILES string of the molecule is Cc1ccc(S(=O)(=O)NOC2CCOC2)cc1-c1cnc(N)c(-n2cncn2)n1. The molecule has 0 saturated carbocycles. The molecule has 4 rings (SSSR count). The molecule has 11 nitrogen and oxygen atoms in total.